The smallest absolute Gasteiger partial charge is 0.299 e. The van der Waals surface area contributed by atoms with Gasteiger partial charge in [-0.15, -0.1) is 0 Å². The molecule has 0 atom stereocenters. The number of aliphatic imine (C=N–C) groups is 1. The molecule has 0 N–H and O–H groups in total. The fourth-order valence-electron chi connectivity index (χ4n) is 2.92. The van der Waals surface area contributed by atoms with Crippen LogP contribution in [-0.2, 0) is 0 Å². The van der Waals surface area contributed by atoms with Crippen LogP contribution in [0.1, 0.15) is 32.1 Å². The number of hydrogen-bond acceptors (Lipinski definition) is 1. The quantitative estimate of drug-likeness (QED) is 0.400. The average Bonchev–Trinajstić information content (AvgIpc) is 2.88. The van der Waals surface area contributed by atoms with Crippen molar-refractivity contribution in [3.05, 3.63) is 36.5 Å². The van der Waals surface area contributed by atoms with E-state index in [1.165, 1.54) is 11.0 Å². The molecule has 0 bridgehead atoms. The fourth-order valence-corrected chi connectivity index (χ4v) is 3.22. The van der Waals surface area contributed by atoms with Gasteiger partial charge in [0.1, 0.15) is 0 Å². The van der Waals surface area contributed by atoms with E-state index in [2.05, 4.69) is 20.9 Å². The molecule has 2 aromatic rings. The van der Waals surface area contributed by atoms with E-state index in [-0.39, 0.29) is 11.9 Å². The van der Waals surface area contributed by atoms with Gasteiger partial charge in [0.2, 0.25) is 0 Å². The summed E-state index contributed by atoms with van der Waals surface area (Å²) < 4.78 is 29.5. The molecule has 5 heteroatoms. The van der Waals surface area contributed by atoms with Crippen molar-refractivity contribution in [2.24, 2.45) is 4.99 Å². The van der Waals surface area contributed by atoms with Crippen molar-refractivity contribution in [3.63, 3.8) is 0 Å². The third kappa shape index (κ3) is 3.18. The van der Waals surface area contributed by atoms with Gasteiger partial charge in [-0.1, -0.05) is 37.5 Å². The average molecular weight is 355 g/mol. The molecule has 2 nitrogen and oxygen atoms in total. The summed E-state index contributed by atoms with van der Waals surface area (Å²) in [6.07, 6.45) is 6.78. The van der Waals surface area contributed by atoms with Crippen LogP contribution in [0.3, 0.4) is 0 Å². The van der Waals surface area contributed by atoms with Crippen molar-refractivity contribution in [2.45, 2.75) is 43.0 Å². The lowest BCUT2D eigenvalue weighted by Crippen LogP contribution is -2.30. The van der Waals surface area contributed by atoms with E-state index >= 15 is 0 Å². The van der Waals surface area contributed by atoms with E-state index < -0.39 is 4.83 Å². The van der Waals surface area contributed by atoms with Crippen LogP contribution in [-0.4, -0.2) is 21.3 Å². The molecule has 1 aromatic carbocycles. The first-order valence-electron chi connectivity index (χ1n) is 7.27. The Morgan fingerprint density at radius 3 is 2.57 bits per heavy atom. The maximum atomic E-state index is 14.0. The summed E-state index contributed by atoms with van der Waals surface area (Å²) in [7, 11) is 0. The highest BCUT2D eigenvalue weighted by molar-refractivity contribution is 9.10. The Morgan fingerprint density at radius 2 is 1.86 bits per heavy atom. The predicted octanol–water partition coefficient (Wildman–Crippen LogP) is 5.21. The number of rotatable bonds is 2. The minimum absolute atomic E-state index is 0.00154. The molecule has 0 spiro atoms. The Labute approximate surface area is 131 Å². The zero-order chi connectivity index (χ0) is 14.9. The Kier molecular flexibility index (Phi) is 4.11. The normalized spacial score (nSPS) is 18.3. The van der Waals surface area contributed by atoms with Crippen LogP contribution in [0.25, 0.3) is 10.9 Å². The third-order valence-corrected chi connectivity index (χ3v) is 4.32. The topological polar surface area (TPSA) is 17.3 Å². The molecular formula is C16H17BrF2N2. The molecule has 1 heterocycles. The van der Waals surface area contributed by atoms with E-state index in [4.69, 9.17) is 0 Å². The number of alkyl halides is 3. The second kappa shape index (κ2) is 5.87. The lowest BCUT2D eigenvalue weighted by Gasteiger charge is -2.22. The number of fused-ring (bicyclic) bond motifs is 1. The highest BCUT2D eigenvalue weighted by Crippen LogP contribution is 2.30. The molecule has 0 unspecified atom stereocenters. The van der Waals surface area contributed by atoms with Gasteiger partial charge in [0.15, 0.2) is 5.84 Å². The molecular weight excluding hydrogens is 338 g/mol. The number of nitrogens with zero attached hydrogens (tertiary/aromatic N) is 2. The Balaban J connectivity index is 2.05. The van der Waals surface area contributed by atoms with E-state index in [1.807, 2.05) is 30.3 Å². The van der Waals surface area contributed by atoms with Crippen molar-refractivity contribution < 1.29 is 8.78 Å². The van der Waals surface area contributed by atoms with Crippen molar-refractivity contribution in [3.8, 4) is 0 Å². The highest BCUT2D eigenvalue weighted by Gasteiger charge is 2.35. The molecule has 112 valence electrons. The van der Waals surface area contributed by atoms with Crippen LogP contribution in [0.2, 0.25) is 0 Å². The maximum absolute atomic E-state index is 14.0. The Morgan fingerprint density at radius 1 is 1.14 bits per heavy atom. The Hall–Kier alpha value is -1.23. The summed E-state index contributed by atoms with van der Waals surface area (Å²) in [4.78, 5) is 1.25. The van der Waals surface area contributed by atoms with Gasteiger partial charge in [0.05, 0.1) is 11.6 Å². The maximum Gasteiger partial charge on any atom is 0.358 e. The number of aromatic nitrogens is 1. The zero-order valence-electron chi connectivity index (χ0n) is 11.6. The molecule has 0 saturated heterocycles. The molecule has 1 saturated carbocycles. The molecule has 3 rings (SSSR count). The second-order valence-electron chi connectivity index (χ2n) is 5.49. The summed E-state index contributed by atoms with van der Waals surface area (Å²) in [5.74, 6) is -0.212. The molecule has 0 amide bonds. The van der Waals surface area contributed by atoms with E-state index in [1.54, 1.807) is 6.20 Å². The predicted molar refractivity (Wildman–Crippen MR) is 85.5 cm³/mol. The second-order valence-corrected chi connectivity index (χ2v) is 6.48. The van der Waals surface area contributed by atoms with Crippen molar-refractivity contribution in [1.82, 2.24) is 4.57 Å². The lowest BCUT2D eigenvalue weighted by molar-refractivity contribution is 0.188. The van der Waals surface area contributed by atoms with Crippen molar-refractivity contribution in [2.75, 3.05) is 0 Å². The Bertz CT molecular complexity index is 652. The minimum atomic E-state index is -3.13. The highest BCUT2D eigenvalue weighted by atomic mass is 79.9. The molecule has 0 radical (unpaired) electrons. The van der Waals surface area contributed by atoms with Gasteiger partial charge in [-0.25, -0.2) is 0 Å². The van der Waals surface area contributed by atoms with Gasteiger partial charge in [-0.05, 0) is 46.3 Å². The summed E-state index contributed by atoms with van der Waals surface area (Å²) in [6.45, 7) is 0. The van der Waals surface area contributed by atoms with Gasteiger partial charge < -0.3 is 0 Å². The van der Waals surface area contributed by atoms with Gasteiger partial charge in [-0.3, -0.25) is 9.56 Å². The number of hydrogen-bond donors (Lipinski definition) is 0. The monoisotopic (exact) mass is 354 g/mol. The lowest BCUT2D eigenvalue weighted by atomic mass is 9.96. The van der Waals surface area contributed by atoms with Gasteiger partial charge in [0, 0.05) is 6.20 Å². The first-order chi connectivity index (χ1) is 10.1. The molecule has 1 fully saturated rings. The van der Waals surface area contributed by atoms with E-state index in [0.29, 0.717) is 0 Å². The van der Waals surface area contributed by atoms with Crippen LogP contribution >= 0.6 is 15.9 Å². The molecule has 0 aliphatic heterocycles. The van der Waals surface area contributed by atoms with Crippen LogP contribution < -0.4 is 0 Å². The van der Waals surface area contributed by atoms with Crippen molar-refractivity contribution in [1.29, 1.82) is 0 Å². The first kappa shape index (κ1) is 14.7. The van der Waals surface area contributed by atoms with Gasteiger partial charge >= 0.3 is 4.83 Å². The summed E-state index contributed by atoms with van der Waals surface area (Å²) in [5.41, 5.74) is 0.756. The molecule has 1 aliphatic carbocycles. The van der Waals surface area contributed by atoms with Gasteiger partial charge in [-0.2, -0.15) is 8.78 Å². The minimum Gasteiger partial charge on any atom is -0.299 e. The molecule has 1 aliphatic rings. The van der Waals surface area contributed by atoms with Crippen molar-refractivity contribution >= 4 is 32.7 Å². The zero-order valence-corrected chi connectivity index (χ0v) is 13.2. The van der Waals surface area contributed by atoms with Gasteiger partial charge in [0.25, 0.3) is 0 Å². The van der Waals surface area contributed by atoms with Crippen LogP contribution in [0.5, 0.6) is 0 Å². The summed E-state index contributed by atoms with van der Waals surface area (Å²) in [6, 6.07) is 9.34. The standard InChI is InChI=1S/C16H17BrF2N2/c17-16(18,19)15(20-13-7-2-1-3-8-13)21-11-10-12-6-4-5-9-14(12)21/h4-6,9-11,13H,1-3,7-8H2. The number of benzene rings is 1. The molecule has 1 aromatic heterocycles. The van der Waals surface area contributed by atoms with E-state index in [0.717, 1.165) is 36.6 Å². The summed E-state index contributed by atoms with van der Waals surface area (Å²) >= 11 is 2.49. The SMILES string of the molecule is FC(F)(Br)C(=NC1CCCCC1)n1ccc2ccccc21. The van der Waals surface area contributed by atoms with E-state index in [9.17, 15) is 8.78 Å². The summed E-state index contributed by atoms with van der Waals surface area (Å²) in [5, 5.41) is 0.936. The number of halogens is 3. The number of para-hydroxylation sites is 1. The van der Waals surface area contributed by atoms with Crippen LogP contribution in [0.4, 0.5) is 8.78 Å². The molecule has 21 heavy (non-hydrogen) atoms. The fraction of sp³-hybridized carbons (Fsp3) is 0.438. The third-order valence-electron chi connectivity index (χ3n) is 3.96. The first-order valence-corrected chi connectivity index (χ1v) is 8.06. The largest absolute Gasteiger partial charge is 0.358 e. The van der Waals surface area contributed by atoms with Crippen LogP contribution in [0, 0.1) is 0 Å². The van der Waals surface area contributed by atoms with Crippen LogP contribution in [0.15, 0.2) is 41.5 Å².